The van der Waals surface area contributed by atoms with Crippen molar-refractivity contribution in [2.75, 3.05) is 6.61 Å². The normalized spacial score (nSPS) is 29.8. The minimum absolute atomic E-state index is 0.0800. The van der Waals surface area contributed by atoms with Crippen molar-refractivity contribution in [2.45, 2.75) is 49.4 Å². The molecule has 6 atom stereocenters. The molecule has 1 saturated heterocycles. The number of benzene rings is 1. The first-order valence-electron chi connectivity index (χ1n) is 8.20. The number of amides is 1. The maximum absolute atomic E-state index is 12.2. The van der Waals surface area contributed by atoms with E-state index >= 15 is 0 Å². The van der Waals surface area contributed by atoms with Gasteiger partial charge in [0.15, 0.2) is 0 Å². The number of carbonyl (C=O) groups is 2. The molecule has 0 radical (unpaired) electrons. The molecule has 0 aromatic heterocycles. The lowest BCUT2D eigenvalue weighted by Gasteiger charge is -2.39. The van der Waals surface area contributed by atoms with E-state index in [0.29, 0.717) is 0 Å². The third-order valence-corrected chi connectivity index (χ3v) is 4.29. The van der Waals surface area contributed by atoms with Crippen molar-refractivity contribution in [2.24, 2.45) is 0 Å². The highest BCUT2D eigenvalue weighted by atomic mass is 16.5. The zero-order chi connectivity index (χ0) is 19.3. The van der Waals surface area contributed by atoms with E-state index in [2.05, 4.69) is 5.32 Å². The standard InChI is InChI=1S/C17H23NO8/c19-8-12-15(22)16(23)14(21)11(26-12)7-13(20)18-10(17(24)25)6-9-4-2-1-3-5-9/h1-5,10-12,14-16,19,21-23H,6-8H2,(H,18,20)(H,24,25). The summed E-state index contributed by atoms with van der Waals surface area (Å²) in [4.78, 5) is 23.6. The minimum atomic E-state index is -1.58. The maximum atomic E-state index is 12.2. The number of carboxylic acids is 1. The second-order valence-electron chi connectivity index (χ2n) is 6.22. The molecule has 1 amide bonds. The largest absolute Gasteiger partial charge is 0.480 e. The van der Waals surface area contributed by atoms with Gasteiger partial charge in [0.2, 0.25) is 5.91 Å². The highest BCUT2D eigenvalue weighted by Gasteiger charge is 2.44. The van der Waals surface area contributed by atoms with Gasteiger partial charge in [-0.3, -0.25) is 4.79 Å². The lowest BCUT2D eigenvalue weighted by Crippen LogP contribution is -2.59. The fourth-order valence-corrected chi connectivity index (χ4v) is 2.83. The van der Waals surface area contributed by atoms with Crippen LogP contribution in [0.15, 0.2) is 30.3 Å². The molecule has 1 aromatic rings. The topological polar surface area (TPSA) is 157 Å². The van der Waals surface area contributed by atoms with E-state index in [0.717, 1.165) is 5.56 Å². The molecule has 2 rings (SSSR count). The molecule has 6 N–H and O–H groups in total. The summed E-state index contributed by atoms with van der Waals surface area (Å²) < 4.78 is 5.24. The van der Waals surface area contributed by atoms with Crippen molar-refractivity contribution in [1.29, 1.82) is 0 Å². The average Bonchev–Trinajstić information content (AvgIpc) is 2.62. The number of aliphatic hydroxyl groups excluding tert-OH is 4. The summed E-state index contributed by atoms with van der Waals surface area (Å²) in [5.41, 5.74) is 0.730. The van der Waals surface area contributed by atoms with E-state index in [4.69, 9.17) is 9.84 Å². The Hall–Kier alpha value is -2.04. The number of hydrogen-bond donors (Lipinski definition) is 6. The summed E-state index contributed by atoms with van der Waals surface area (Å²) in [6.45, 7) is -0.602. The van der Waals surface area contributed by atoms with Gasteiger partial charge in [0, 0.05) is 6.42 Å². The van der Waals surface area contributed by atoms with Crippen LogP contribution in [0.3, 0.4) is 0 Å². The summed E-state index contributed by atoms with van der Waals surface area (Å²) in [5.74, 6) is -1.91. The second-order valence-corrected chi connectivity index (χ2v) is 6.22. The molecule has 1 heterocycles. The van der Waals surface area contributed by atoms with Gasteiger partial charge in [-0.25, -0.2) is 4.79 Å². The van der Waals surface area contributed by atoms with Crippen LogP contribution >= 0.6 is 0 Å². The highest BCUT2D eigenvalue weighted by molar-refractivity contribution is 5.84. The number of ether oxygens (including phenoxy) is 1. The fourth-order valence-electron chi connectivity index (χ4n) is 2.83. The predicted octanol–water partition coefficient (Wildman–Crippen LogP) is -1.97. The molecule has 0 saturated carbocycles. The van der Waals surface area contributed by atoms with Gasteiger partial charge in [-0.05, 0) is 5.56 Å². The molecule has 1 aliphatic heterocycles. The van der Waals surface area contributed by atoms with E-state index in [9.17, 15) is 30.0 Å². The molecule has 0 bridgehead atoms. The van der Waals surface area contributed by atoms with E-state index in [-0.39, 0.29) is 6.42 Å². The van der Waals surface area contributed by atoms with Gasteiger partial charge >= 0.3 is 5.97 Å². The summed E-state index contributed by atoms with van der Waals surface area (Å²) in [6.07, 6.45) is -7.30. The molecule has 6 unspecified atom stereocenters. The Bertz CT molecular complexity index is 608. The van der Waals surface area contributed by atoms with Gasteiger partial charge in [-0.1, -0.05) is 30.3 Å². The van der Waals surface area contributed by atoms with Crippen molar-refractivity contribution in [3.63, 3.8) is 0 Å². The molecule has 26 heavy (non-hydrogen) atoms. The predicted molar refractivity (Wildman–Crippen MR) is 88.1 cm³/mol. The molecule has 1 fully saturated rings. The number of nitrogens with one attached hydrogen (secondary N) is 1. The Kier molecular flexibility index (Phi) is 7.06. The molecule has 0 spiro atoms. The first-order valence-corrected chi connectivity index (χ1v) is 8.20. The van der Waals surface area contributed by atoms with Crippen LogP contribution in [0.25, 0.3) is 0 Å². The summed E-state index contributed by atoms with van der Waals surface area (Å²) >= 11 is 0. The van der Waals surface area contributed by atoms with Crippen molar-refractivity contribution in [3.8, 4) is 0 Å². The first kappa shape index (κ1) is 20.3. The Labute approximate surface area is 149 Å². The van der Waals surface area contributed by atoms with E-state index < -0.39 is 61.5 Å². The van der Waals surface area contributed by atoms with Gasteiger partial charge < -0.3 is 35.6 Å². The fraction of sp³-hybridized carbons (Fsp3) is 0.529. The van der Waals surface area contributed by atoms with Crippen LogP contribution in [0.4, 0.5) is 0 Å². The van der Waals surface area contributed by atoms with Crippen molar-refractivity contribution >= 4 is 11.9 Å². The zero-order valence-corrected chi connectivity index (χ0v) is 13.9. The number of aliphatic carboxylic acids is 1. The van der Waals surface area contributed by atoms with Crippen LogP contribution in [-0.2, 0) is 20.7 Å². The SMILES string of the molecule is O=C(CC1OC(CO)C(O)C(O)C1O)NC(Cc1ccccc1)C(=O)O. The number of carboxylic acid groups (broad SMARTS) is 1. The van der Waals surface area contributed by atoms with Crippen LogP contribution in [-0.4, -0.2) is 80.6 Å². The molecule has 1 aromatic carbocycles. The van der Waals surface area contributed by atoms with E-state index in [1.807, 2.05) is 0 Å². The van der Waals surface area contributed by atoms with Crippen molar-refractivity contribution in [3.05, 3.63) is 35.9 Å². The van der Waals surface area contributed by atoms with Crippen molar-refractivity contribution < 1.29 is 39.9 Å². The van der Waals surface area contributed by atoms with E-state index in [1.165, 1.54) is 0 Å². The third kappa shape index (κ3) is 4.99. The van der Waals surface area contributed by atoms with Gasteiger partial charge in [-0.15, -0.1) is 0 Å². The molecule has 9 heteroatoms. The minimum Gasteiger partial charge on any atom is -0.480 e. The second kappa shape index (κ2) is 9.06. The van der Waals surface area contributed by atoms with Crippen LogP contribution in [0.5, 0.6) is 0 Å². The summed E-state index contributed by atoms with van der Waals surface area (Å²) in [7, 11) is 0. The number of rotatable bonds is 7. The molecule has 0 aliphatic carbocycles. The quantitative estimate of drug-likeness (QED) is 0.323. The van der Waals surface area contributed by atoms with Gasteiger partial charge in [0.25, 0.3) is 0 Å². The first-order chi connectivity index (χ1) is 12.3. The van der Waals surface area contributed by atoms with Crippen molar-refractivity contribution in [1.82, 2.24) is 5.32 Å². The Balaban J connectivity index is 1.98. The maximum Gasteiger partial charge on any atom is 0.326 e. The van der Waals surface area contributed by atoms with Crippen LogP contribution in [0.2, 0.25) is 0 Å². The number of carbonyl (C=O) groups excluding carboxylic acids is 1. The Morgan fingerprint density at radius 1 is 1.04 bits per heavy atom. The monoisotopic (exact) mass is 369 g/mol. The third-order valence-electron chi connectivity index (χ3n) is 4.29. The van der Waals surface area contributed by atoms with Crippen LogP contribution in [0.1, 0.15) is 12.0 Å². The molecule has 1 aliphatic rings. The average molecular weight is 369 g/mol. The number of aliphatic hydroxyl groups is 4. The van der Waals surface area contributed by atoms with Gasteiger partial charge in [-0.2, -0.15) is 0 Å². The lowest BCUT2D eigenvalue weighted by atomic mass is 9.93. The van der Waals surface area contributed by atoms with Crippen LogP contribution in [0, 0.1) is 0 Å². The Morgan fingerprint density at radius 2 is 1.65 bits per heavy atom. The highest BCUT2D eigenvalue weighted by Crippen LogP contribution is 2.23. The molecule has 144 valence electrons. The van der Waals surface area contributed by atoms with Gasteiger partial charge in [0.1, 0.15) is 30.5 Å². The molecule has 9 nitrogen and oxygen atoms in total. The lowest BCUT2D eigenvalue weighted by molar-refractivity contribution is -0.229. The summed E-state index contributed by atoms with van der Waals surface area (Å²) in [6, 6.07) is 7.60. The van der Waals surface area contributed by atoms with Crippen LogP contribution < -0.4 is 5.32 Å². The zero-order valence-electron chi connectivity index (χ0n) is 13.9. The Morgan fingerprint density at radius 3 is 2.23 bits per heavy atom. The molecular formula is C17H23NO8. The summed E-state index contributed by atoms with van der Waals surface area (Å²) in [5, 5.41) is 50.2. The smallest absolute Gasteiger partial charge is 0.326 e. The molecular weight excluding hydrogens is 346 g/mol. The number of hydrogen-bond acceptors (Lipinski definition) is 7. The van der Waals surface area contributed by atoms with Gasteiger partial charge in [0.05, 0.1) is 19.1 Å². The van der Waals surface area contributed by atoms with E-state index in [1.54, 1.807) is 30.3 Å².